The number of amides is 1. The molecule has 2 aromatic rings. The fourth-order valence-electron chi connectivity index (χ4n) is 3.23. The summed E-state index contributed by atoms with van der Waals surface area (Å²) in [6, 6.07) is 0. The van der Waals surface area contributed by atoms with Gasteiger partial charge in [0.2, 0.25) is 11.6 Å². The SMILES string of the molecule is CCOC(=O)c1c(NC(=O)c2c(F)c(F)c(OC)c(F)c2F)sc2c1CCCC2. The van der Waals surface area contributed by atoms with Gasteiger partial charge in [-0.3, -0.25) is 4.79 Å². The van der Waals surface area contributed by atoms with Crippen LogP contribution in [0.2, 0.25) is 0 Å². The topological polar surface area (TPSA) is 64.6 Å². The van der Waals surface area contributed by atoms with E-state index < -0.39 is 46.5 Å². The van der Waals surface area contributed by atoms with Crippen molar-refractivity contribution in [2.24, 2.45) is 0 Å². The number of carbonyl (C=O) groups is 2. The number of rotatable bonds is 5. The van der Waals surface area contributed by atoms with E-state index in [1.165, 1.54) is 0 Å². The van der Waals surface area contributed by atoms with Crippen molar-refractivity contribution in [2.75, 3.05) is 19.0 Å². The molecule has 1 N–H and O–H groups in total. The van der Waals surface area contributed by atoms with Crippen LogP contribution in [0.1, 0.15) is 50.9 Å². The van der Waals surface area contributed by atoms with Crippen molar-refractivity contribution in [3.8, 4) is 5.75 Å². The number of thiophene rings is 1. The third kappa shape index (κ3) is 3.68. The van der Waals surface area contributed by atoms with Gasteiger partial charge in [-0.05, 0) is 38.2 Å². The summed E-state index contributed by atoms with van der Waals surface area (Å²) in [6.45, 7) is 1.71. The second kappa shape index (κ2) is 8.40. The number of anilines is 1. The zero-order valence-electron chi connectivity index (χ0n) is 15.6. The van der Waals surface area contributed by atoms with Crippen LogP contribution in [-0.4, -0.2) is 25.6 Å². The first-order valence-electron chi connectivity index (χ1n) is 8.84. The quantitative estimate of drug-likeness (QED) is 0.426. The van der Waals surface area contributed by atoms with Gasteiger partial charge >= 0.3 is 5.97 Å². The number of esters is 1. The van der Waals surface area contributed by atoms with Crippen LogP contribution in [0.25, 0.3) is 0 Å². The van der Waals surface area contributed by atoms with E-state index in [0.29, 0.717) is 18.4 Å². The molecule has 0 aliphatic heterocycles. The average Bonchev–Trinajstić information content (AvgIpc) is 3.05. The maximum atomic E-state index is 14.2. The van der Waals surface area contributed by atoms with E-state index in [-0.39, 0.29) is 17.2 Å². The largest absolute Gasteiger partial charge is 0.491 e. The maximum absolute atomic E-state index is 14.2. The Labute approximate surface area is 167 Å². The Bertz CT molecular complexity index is 960. The fraction of sp³-hybridized carbons (Fsp3) is 0.368. The Morgan fingerprint density at radius 3 is 2.21 bits per heavy atom. The summed E-state index contributed by atoms with van der Waals surface area (Å²) in [7, 11) is 0.835. The first kappa shape index (κ1) is 21.1. The van der Waals surface area contributed by atoms with Gasteiger partial charge in [-0.1, -0.05) is 0 Å². The lowest BCUT2D eigenvalue weighted by atomic mass is 9.95. The van der Waals surface area contributed by atoms with E-state index in [9.17, 15) is 27.2 Å². The zero-order chi connectivity index (χ0) is 21.3. The highest BCUT2D eigenvalue weighted by Crippen LogP contribution is 2.39. The summed E-state index contributed by atoms with van der Waals surface area (Å²) in [5, 5.41) is 2.25. The first-order valence-corrected chi connectivity index (χ1v) is 9.66. The van der Waals surface area contributed by atoms with Crippen LogP contribution in [0.5, 0.6) is 5.75 Å². The van der Waals surface area contributed by atoms with Crippen LogP contribution in [-0.2, 0) is 17.6 Å². The summed E-state index contributed by atoms with van der Waals surface area (Å²) >= 11 is 1.08. The van der Waals surface area contributed by atoms with Crippen LogP contribution >= 0.6 is 11.3 Å². The zero-order valence-corrected chi connectivity index (χ0v) is 16.4. The summed E-state index contributed by atoms with van der Waals surface area (Å²) in [5.41, 5.74) is -0.625. The molecule has 0 unspecified atom stereocenters. The Morgan fingerprint density at radius 2 is 1.62 bits per heavy atom. The van der Waals surface area contributed by atoms with Crippen molar-refractivity contribution in [3.63, 3.8) is 0 Å². The molecule has 1 aliphatic rings. The molecule has 156 valence electrons. The van der Waals surface area contributed by atoms with Crippen molar-refractivity contribution in [1.29, 1.82) is 0 Å². The molecule has 1 aromatic heterocycles. The fourth-order valence-corrected chi connectivity index (χ4v) is 4.50. The molecule has 1 amide bonds. The standard InChI is InChI=1S/C19H17F4NO4S/c1-3-28-19(26)10-8-6-4-5-7-9(8)29-18(10)24-17(25)11-12(20)14(22)16(27-2)15(23)13(11)21/h3-7H2,1-2H3,(H,24,25). The highest BCUT2D eigenvalue weighted by molar-refractivity contribution is 7.17. The highest BCUT2D eigenvalue weighted by Gasteiger charge is 2.32. The summed E-state index contributed by atoms with van der Waals surface area (Å²) < 4.78 is 65.7. The summed E-state index contributed by atoms with van der Waals surface area (Å²) in [4.78, 5) is 25.7. The predicted molar refractivity (Wildman–Crippen MR) is 97.7 cm³/mol. The Balaban J connectivity index is 2.04. The smallest absolute Gasteiger partial charge is 0.341 e. The van der Waals surface area contributed by atoms with Gasteiger partial charge < -0.3 is 14.8 Å². The molecule has 0 saturated carbocycles. The highest BCUT2D eigenvalue weighted by atomic mass is 32.1. The van der Waals surface area contributed by atoms with Crippen molar-refractivity contribution in [2.45, 2.75) is 32.6 Å². The lowest BCUT2D eigenvalue weighted by molar-refractivity contribution is 0.0526. The van der Waals surface area contributed by atoms with Gasteiger partial charge in [-0.25, -0.2) is 13.6 Å². The molecule has 1 heterocycles. The van der Waals surface area contributed by atoms with Crippen molar-refractivity contribution in [3.05, 3.63) is 44.8 Å². The molecule has 0 atom stereocenters. The molecule has 5 nitrogen and oxygen atoms in total. The summed E-state index contributed by atoms with van der Waals surface area (Å²) in [5.74, 6) is -10.8. The molecular formula is C19H17F4NO4S. The van der Waals surface area contributed by atoms with Gasteiger partial charge in [0.25, 0.3) is 5.91 Å². The predicted octanol–water partition coefficient (Wildman–Crippen LogP) is 4.62. The molecule has 1 aromatic carbocycles. The number of halogens is 4. The van der Waals surface area contributed by atoms with E-state index in [2.05, 4.69) is 10.1 Å². The Morgan fingerprint density at radius 1 is 1.00 bits per heavy atom. The first-order chi connectivity index (χ1) is 13.8. The number of hydrogen-bond donors (Lipinski definition) is 1. The maximum Gasteiger partial charge on any atom is 0.341 e. The van der Waals surface area contributed by atoms with Crippen LogP contribution < -0.4 is 10.1 Å². The second-order valence-electron chi connectivity index (χ2n) is 6.25. The van der Waals surface area contributed by atoms with E-state index in [4.69, 9.17) is 4.74 Å². The Hall–Kier alpha value is -2.62. The van der Waals surface area contributed by atoms with Gasteiger partial charge in [0, 0.05) is 4.88 Å². The van der Waals surface area contributed by atoms with Gasteiger partial charge in [-0.2, -0.15) is 8.78 Å². The minimum absolute atomic E-state index is 0.0239. The minimum atomic E-state index is -1.89. The minimum Gasteiger partial charge on any atom is -0.491 e. The van der Waals surface area contributed by atoms with Crippen LogP contribution in [0, 0.1) is 23.3 Å². The van der Waals surface area contributed by atoms with E-state index in [1.54, 1.807) is 6.92 Å². The number of hydrogen-bond acceptors (Lipinski definition) is 5. The number of fused-ring (bicyclic) bond motifs is 1. The normalized spacial score (nSPS) is 13.0. The van der Waals surface area contributed by atoms with Gasteiger partial charge in [0.05, 0.1) is 19.3 Å². The molecule has 10 heteroatoms. The van der Waals surface area contributed by atoms with Gasteiger partial charge in [-0.15, -0.1) is 11.3 Å². The molecule has 0 fully saturated rings. The number of aryl methyl sites for hydroxylation is 1. The van der Waals surface area contributed by atoms with E-state index in [0.717, 1.165) is 36.2 Å². The number of nitrogens with one attached hydrogen (secondary N) is 1. The number of methoxy groups -OCH3 is 1. The van der Waals surface area contributed by atoms with Gasteiger partial charge in [0.1, 0.15) is 10.6 Å². The van der Waals surface area contributed by atoms with Crippen molar-refractivity contribution < 1.29 is 36.6 Å². The van der Waals surface area contributed by atoms with E-state index >= 15 is 0 Å². The average molecular weight is 431 g/mol. The monoisotopic (exact) mass is 431 g/mol. The lowest BCUT2D eigenvalue weighted by Gasteiger charge is -2.13. The van der Waals surface area contributed by atoms with Gasteiger partial charge in [0.15, 0.2) is 17.4 Å². The number of ether oxygens (including phenoxy) is 2. The Kier molecular flexibility index (Phi) is 6.11. The number of benzene rings is 1. The molecule has 0 radical (unpaired) electrons. The summed E-state index contributed by atoms with van der Waals surface area (Å²) in [6.07, 6.45) is 2.99. The van der Waals surface area contributed by atoms with Crippen molar-refractivity contribution >= 4 is 28.2 Å². The molecule has 0 saturated heterocycles. The second-order valence-corrected chi connectivity index (χ2v) is 7.36. The number of carbonyl (C=O) groups excluding carboxylic acids is 2. The molecule has 0 spiro atoms. The lowest BCUT2D eigenvalue weighted by Crippen LogP contribution is -2.20. The third-order valence-electron chi connectivity index (χ3n) is 4.53. The molecular weight excluding hydrogens is 414 g/mol. The van der Waals surface area contributed by atoms with Crippen LogP contribution in [0.3, 0.4) is 0 Å². The molecule has 1 aliphatic carbocycles. The van der Waals surface area contributed by atoms with Crippen LogP contribution in [0.4, 0.5) is 22.6 Å². The van der Waals surface area contributed by atoms with Crippen LogP contribution in [0.15, 0.2) is 0 Å². The van der Waals surface area contributed by atoms with E-state index in [1.807, 2.05) is 0 Å². The molecule has 3 rings (SSSR count). The van der Waals surface area contributed by atoms with Crippen molar-refractivity contribution in [1.82, 2.24) is 0 Å². The molecule has 29 heavy (non-hydrogen) atoms. The third-order valence-corrected chi connectivity index (χ3v) is 5.74. The molecule has 0 bridgehead atoms.